The Balaban J connectivity index is 1.80. The molecule has 8 heteroatoms. The van der Waals surface area contributed by atoms with Gasteiger partial charge in [-0.05, 0) is 29.8 Å². The lowest BCUT2D eigenvalue weighted by Crippen LogP contribution is -2.42. The number of amides is 2. The Bertz CT molecular complexity index is 781. The quantitative estimate of drug-likeness (QED) is 0.734. The highest BCUT2D eigenvalue weighted by Crippen LogP contribution is 2.28. The lowest BCUT2D eigenvalue weighted by Gasteiger charge is -2.18. The van der Waals surface area contributed by atoms with Gasteiger partial charge >= 0.3 is 0 Å². The third-order valence-corrected chi connectivity index (χ3v) is 3.94. The van der Waals surface area contributed by atoms with Gasteiger partial charge in [-0.3, -0.25) is 20.0 Å². The van der Waals surface area contributed by atoms with E-state index in [4.69, 9.17) is 9.47 Å². The van der Waals surface area contributed by atoms with Crippen molar-refractivity contribution in [2.75, 3.05) is 14.2 Å². The molecule has 0 saturated carbocycles. The summed E-state index contributed by atoms with van der Waals surface area (Å²) >= 11 is 0. The van der Waals surface area contributed by atoms with Crippen LogP contribution in [-0.2, 0) is 4.79 Å². The number of aromatic nitrogens is 1. The van der Waals surface area contributed by atoms with Crippen LogP contribution in [0, 0.1) is 0 Å². The highest BCUT2D eigenvalue weighted by Gasteiger charge is 2.37. The molecule has 0 aliphatic carbocycles. The average Bonchev–Trinajstić information content (AvgIpc) is 3.02. The summed E-state index contributed by atoms with van der Waals surface area (Å²) in [4.78, 5) is 28.7. The Kier molecular flexibility index (Phi) is 4.80. The minimum atomic E-state index is -0.759. The standard InChI is InChI=1S/C17H18N4O4/c1-24-12-6-5-10(8-13(12)25-2)16(22)19-15-14(20-21-17(15)23)11-4-3-7-18-9-11/h3-9,14-15,20H,1-2H3,(H,19,22)(H,21,23)/t14-,15-/m1/s1. The van der Waals surface area contributed by atoms with E-state index in [0.29, 0.717) is 17.1 Å². The zero-order valence-corrected chi connectivity index (χ0v) is 13.8. The minimum Gasteiger partial charge on any atom is -0.493 e. The summed E-state index contributed by atoms with van der Waals surface area (Å²) in [7, 11) is 3.01. The molecule has 3 N–H and O–H groups in total. The predicted octanol–water partition coefficient (Wildman–Crippen LogP) is 0.573. The van der Waals surface area contributed by atoms with Crippen LogP contribution in [0.4, 0.5) is 0 Å². The molecule has 3 rings (SSSR count). The number of hydrogen-bond donors (Lipinski definition) is 3. The van der Waals surface area contributed by atoms with Crippen LogP contribution in [0.25, 0.3) is 0 Å². The first-order chi connectivity index (χ1) is 12.1. The van der Waals surface area contributed by atoms with Gasteiger partial charge < -0.3 is 14.8 Å². The maximum atomic E-state index is 12.6. The van der Waals surface area contributed by atoms with Crippen LogP contribution in [0.15, 0.2) is 42.7 Å². The van der Waals surface area contributed by atoms with E-state index < -0.39 is 18.0 Å². The number of methoxy groups -OCH3 is 2. The topological polar surface area (TPSA) is 102 Å². The second-order valence-corrected chi connectivity index (χ2v) is 5.42. The molecular formula is C17H18N4O4. The summed E-state index contributed by atoms with van der Waals surface area (Å²) < 4.78 is 10.4. The van der Waals surface area contributed by atoms with Crippen molar-refractivity contribution in [3.05, 3.63) is 53.9 Å². The fraction of sp³-hybridized carbons (Fsp3) is 0.235. The molecule has 130 valence electrons. The highest BCUT2D eigenvalue weighted by atomic mass is 16.5. The molecule has 0 radical (unpaired) electrons. The van der Waals surface area contributed by atoms with Crippen LogP contribution in [-0.4, -0.2) is 37.1 Å². The third kappa shape index (κ3) is 3.38. The highest BCUT2D eigenvalue weighted by molar-refractivity contribution is 5.98. The van der Waals surface area contributed by atoms with Crippen LogP contribution in [0.2, 0.25) is 0 Å². The third-order valence-electron chi connectivity index (χ3n) is 3.94. The lowest BCUT2D eigenvalue weighted by molar-refractivity contribution is -0.121. The molecule has 1 aliphatic rings. The number of carbonyl (C=O) groups excluding carboxylic acids is 2. The molecule has 1 fully saturated rings. The molecule has 25 heavy (non-hydrogen) atoms. The molecule has 1 aliphatic heterocycles. The molecule has 8 nitrogen and oxygen atoms in total. The number of rotatable bonds is 5. The van der Waals surface area contributed by atoms with Gasteiger partial charge in [0.15, 0.2) is 11.5 Å². The van der Waals surface area contributed by atoms with Gasteiger partial charge in [0, 0.05) is 18.0 Å². The Hall–Kier alpha value is -3.13. The largest absolute Gasteiger partial charge is 0.493 e. The number of nitrogens with one attached hydrogen (secondary N) is 3. The first-order valence-electron chi connectivity index (χ1n) is 7.62. The van der Waals surface area contributed by atoms with E-state index in [1.54, 1.807) is 36.7 Å². The van der Waals surface area contributed by atoms with Crippen molar-refractivity contribution in [3.8, 4) is 11.5 Å². The fourth-order valence-corrected chi connectivity index (χ4v) is 2.65. The number of nitrogens with zero attached hydrogens (tertiary/aromatic N) is 1. The summed E-state index contributed by atoms with van der Waals surface area (Å²) in [6, 6.07) is 7.24. The number of carbonyl (C=O) groups is 2. The molecule has 1 aromatic carbocycles. The fourth-order valence-electron chi connectivity index (χ4n) is 2.65. The molecule has 2 amide bonds. The van der Waals surface area contributed by atoms with Crippen molar-refractivity contribution in [1.82, 2.24) is 21.2 Å². The Morgan fingerprint density at radius 2 is 2.00 bits per heavy atom. The number of hydrazine groups is 1. The zero-order chi connectivity index (χ0) is 17.8. The van der Waals surface area contributed by atoms with Gasteiger partial charge in [0.05, 0.1) is 20.3 Å². The van der Waals surface area contributed by atoms with Crippen molar-refractivity contribution < 1.29 is 19.1 Å². The summed E-state index contributed by atoms with van der Waals surface area (Å²) in [5.74, 6) is 0.252. The van der Waals surface area contributed by atoms with E-state index in [1.165, 1.54) is 14.2 Å². The van der Waals surface area contributed by atoms with E-state index in [2.05, 4.69) is 21.2 Å². The van der Waals surface area contributed by atoms with Crippen LogP contribution in [0.5, 0.6) is 11.5 Å². The summed E-state index contributed by atoms with van der Waals surface area (Å²) in [6.07, 6.45) is 3.29. The lowest BCUT2D eigenvalue weighted by atomic mass is 10.0. The number of hydrogen-bond acceptors (Lipinski definition) is 6. The molecule has 1 saturated heterocycles. The number of pyridine rings is 1. The molecule has 2 aromatic rings. The van der Waals surface area contributed by atoms with Gasteiger partial charge in [0.2, 0.25) is 0 Å². The first kappa shape index (κ1) is 16.7. The average molecular weight is 342 g/mol. The molecule has 0 spiro atoms. The molecular weight excluding hydrogens is 324 g/mol. The summed E-state index contributed by atoms with van der Waals surface area (Å²) in [6.45, 7) is 0. The van der Waals surface area contributed by atoms with Crippen molar-refractivity contribution in [2.24, 2.45) is 0 Å². The van der Waals surface area contributed by atoms with Gasteiger partial charge in [-0.1, -0.05) is 6.07 Å². The van der Waals surface area contributed by atoms with Gasteiger partial charge in [-0.15, -0.1) is 0 Å². The van der Waals surface area contributed by atoms with Crippen LogP contribution in [0.1, 0.15) is 22.0 Å². The molecule has 2 heterocycles. The SMILES string of the molecule is COc1ccc(C(=O)N[C@H]2C(=O)NN[C@@H]2c2cccnc2)cc1OC. The predicted molar refractivity (Wildman–Crippen MR) is 89.1 cm³/mol. The van der Waals surface area contributed by atoms with E-state index in [9.17, 15) is 9.59 Å². The van der Waals surface area contributed by atoms with Crippen molar-refractivity contribution in [1.29, 1.82) is 0 Å². The second kappa shape index (κ2) is 7.18. The van der Waals surface area contributed by atoms with Crippen molar-refractivity contribution in [3.63, 3.8) is 0 Å². The number of ether oxygens (including phenoxy) is 2. The van der Waals surface area contributed by atoms with E-state index in [-0.39, 0.29) is 5.91 Å². The Morgan fingerprint density at radius 1 is 1.20 bits per heavy atom. The van der Waals surface area contributed by atoms with Crippen LogP contribution in [0.3, 0.4) is 0 Å². The summed E-state index contributed by atoms with van der Waals surface area (Å²) in [5.41, 5.74) is 6.56. The molecule has 0 unspecified atom stereocenters. The zero-order valence-electron chi connectivity index (χ0n) is 13.8. The summed E-state index contributed by atoms with van der Waals surface area (Å²) in [5, 5.41) is 2.74. The maximum Gasteiger partial charge on any atom is 0.258 e. The Morgan fingerprint density at radius 3 is 2.68 bits per heavy atom. The Labute approximate surface area is 144 Å². The van der Waals surface area contributed by atoms with Gasteiger partial charge in [-0.25, -0.2) is 5.43 Å². The van der Waals surface area contributed by atoms with Gasteiger partial charge in [-0.2, -0.15) is 0 Å². The van der Waals surface area contributed by atoms with Gasteiger partial charge in [0.1, 0.15) is 6.04 Å². The normalized spacial score (nSPS) is 19.2. The van der Waals surface area contributed by atoms with Gasteiger partial charge in [0.25, 0.3) is 11.8 Å². The van der Waals surface area contributed by atoms with E-state index in [0.717, 1.165) is 5.56 Å². The maximum absolute atomic E-state index is 12.6. The molecule has 1 aromatic heterocycles. The monoisotopic (exact) mass is 342 g/mol. The van der Waals surface area contributed by atoms with Crippen LogP contribution < -0.4 is 25.6 Å². The van der Waals surface area contributed by atoms with Crippen molar-refractivity contribution >= 4 is 11.8 Å². The van der Waals surface area contributed by atoms with Crippen LogP contribution >= 0.6 is 0 Å². The van der Waals surface area contributed by atoms with E-state index in [1.807, 2.05) is 6.07 Å². The second-order valence-electron chi connectivity index (χ2n) is 5.42. The molecule has 0 bridgehead atoms. The van der Waals surface area contributed by atoms with E-state index >= 15 is 0 Å². The minimum absolute atomic E-state index is 0.317. The molecule has 2 atom stereocenters. The number of benzene rings is 1. The smallest absolute Gasteiger partial charge is 0.258 e. The first-order valence-corrected chi connectivity index (χ1v) is 7.62. The van der Waals surface area contributed by atoms with Crippen molar-refractivity contribution in [2.45, 2.75) is 12.1 Å².